The molecule has 1 aromatic carbocycles. The molecule has 0 radical (unpaired) electrons. The lowest BCUT2D eigenvalue weighted by molar-refractivity contribution is -0.121. The van der Waals surface area contributed by atoms with Gasteiger partial charge in [-0.25, -0.2) is 9.37 Å². The largest absolute Gasteiger partial charge is 0.366 e. The van der Waals surface area contributed by atoms with Crippen molar-refractivity contribution in [3.8, 4) is 0 Å². The summed E-state index contributed by atoms with van der Waals surface area (Å²) in [6.45, 7) is 2.26. The van der Waals surface area contributed by atoms with Gasteiger partial charge in [-0.3, -0.25) is 18.9 Å². The van der Waals surface area contributed by atoms with Gasteiger partial charge in [0.25, 0.3) is 11.5 Å². The van der Waals surface area contributed by atoms with Gasteiger partial charge < -0.3 is 9.80 Å². The average Bonchev–Trinajstić information content (AvgIpc) is 3.07. The number of rotatable bonds is 3. The van der Waals surface area contributed by atoms with E-state index in [1.54, 1.807) is 43.6 Å². The van der Waals surface area contributed by atoms with Gasteiger partial charge in [-0.1, -0.05) is 42.2 Å². The van der Waals surface area contributed by atoms with Crippen molar-refractivity contribution in [2.75, 3.05) is 43.0 Å². The van der Waals surface area contributed by atoms with E-state index in [0.717, 1.165) is 0 Å². The van der Waals surface area contributed by atoms with Crippen LogP contribution in [0.1, 0.15) is 5.56 Å². The molecule has 2 aliphatic rings. The Balaban J connectivity index is 1.54. The number of likely N-dealkylation sites (N-methyl/N-ethyl adjacent to an activating group) is 1. The average molecular weight is 482 g/mol. The number of fused-ring (bicyclic) bond motifs is 1. The second-order valence-corrected chi connectivity index (χ2v) is 9.43. The summed E-state index contributed by atoms with van der Waals surface area (Å²) in [5.74, 6) is 0.0222. The minimum Gasteiger partial charge on any atom is -0.366 e. The van der Waals surface area contributed by atoms with Crippen molar-refractivity contribution in [2.45, 2.75) is 0 Å². The fourth-order valence-corrected chi connectivity index (χ4v) is 5.16. The van der Waals surface area contributed by atoms with Crippen LogP contribution in [0, 0.1) is 5.82 Å². The normalized spacial score (nSPS) is 18.1. The summed E-state index contributed by atoms with van der Waals surface area (Å²) in [5, 5.41) is 0. The molecule has 0 aliphatic carbocycles. The standard InChI is InChI=1S/C23H20FN5O2S2/c1-26-22(31)18(33-23(26)32)14-15-20(25-19-8-4-5-9-29(19)21(15)30)28-12-10-27(11-13-28)17-7-3-2-6-16(17)24/h2-9,14H,10-13H2,1H3. The number of anilines is 2. The van der Waals surface area contributed by atoms with E-state index >= 15 is 0 Å². The molecule has 0 N–H and O–H groups in total. The van der Waals surface area contributed by atoms with Crippen LogP contribution < -0.4 is 15.4 Å². The zero-order valence-electron chi connectivity index (χ0n) is 17.8. The summed E-state index contributed by atoms with van der Waals surface area (Å²) in [7, 11) is 1.62. The van der Waals surface area contributed by atoms with Gasteiger partial charge >= 0.3 is 0 Å². The quantitative estimate of drug-likeness (QED) is 0.421. The number of aromatic nitrogens is 2. The van der Waals surface area contributed by atoms with E-state index in [1.165, 1.54) is 27.1 Å². The number of nitrogens with zero attached hydrogens (tertiary/aromatic N) is 5. The molecule has 4 heterocycles. The number of pyridine rings is 1. The molecule has 5 rings (SSSR count). The van der Waals surface area contributed by atoms with Gasteiger partial charge in [0.05, 0.1) is 16.2 Å². The van der Waals surface area contributed by atoms with Crippen LogP contribution in [0.3, 0.4) is 0 Å². The fourth-order valence-electron chi connectivity index (χ4n) is 4.00. The summed E-state index contributed by atoms with van der Waals surface area (Å²) in [4.78, 5) is 36.5. The topological polar surface area (TPSA) is 61.2 Å². The van der Waals surface area contributed by atoms with Crippen LogP contribution in [0.25, 0.3) is 11.7 Å². The minimum absolute atomic E-state index is 0.238. The number of thioether (sulfide) groups is 1. The van der Waals surface area contributed by atoms with E-state index in [9.17, 15) is 14.0 Å². The second kappa shape index (κ2) is 8.60. The Morgan fingerprint density at radius 2 is 1.73 bits per heavy atom. The zero-order valence-corrected chi connectivity index (χ0v) is 19.4. The van der Waals surface area contributed by atoms with Crippen molar-refractivity contribution in [2.24, 2.45) is 0 Å². The number of halogens is 1. The molecule has 0 bridgehead atoms. The third-order valence-electron chi connectivity index (χ3n) is 5.78. The van der Waals surface area contributed by atoms with Gasteiger partial charge in [0.15, 0.2) is 0 Å². The third-order valence-corrected chi connectivity index (χ3v) is 7.27. The molecule has 0 unspecified atom stereocenters. The zero-order chi connectivity index (χ0) is 23.1. The van der Waals surface area contributed by atoms with E-state index in [0.29, 0.717) is 58.1 Å². The molecular weight excluding hydrogens is 461 g/mol. The number of piperazine rings is 1. The number of thiocarbonyl (C=S) groups is 1. The van der Waals surface area contributed by atoms with Crippen molar-refractivity contribution in [1.82, 2.24) is 14.3 Å². The van der Waals surface area contributed by atoms with E-state index in [1.807, 2.05) is 21.9 Å². The maximum absolute atomic E-state index is 14.2. The summed E-state index contributed by atoms with van der Waals surface area (Å²) in [6.07, 6.45) is 3.25. The van der Waals surface area contributed by atoms with Gasteiger partial charge in [0.1, 0.15) is 21.6 Å². The van der Waals surface area contributed by atoms with E-state index in [4.69, 9.17) is 17.2 Å². The molecule has 0 spiro atoms. The number of hydrogen-bond donors (Lipinski definition) is 0. The number of para-hydroxylation sites is 1. The van der Waals surface area contributed by atoms with Gasteiger partial charge in [-0.15, -0.1) is 0 Å². The van der Waals surface area contributed by atoms with Crippen molar-refractivity contribution >= 4 is 57.4 Å². The lowest BCUT2D eigenvalue weighted by Gasteiger charge is -2.37. The molecule has 7 nitrogen and oxygen atoms in total. The number of hydrogen-bond acceptors (Lipinski definition) is 7. The molecule has 0 saturated carbocycles. The van der Waals surface area contributed by atoms with Crippen LogP contribution in [-0.2, 0) is 4.79 Å². The molecule has 2 aliphatic heterocycles. The molecule has 2 aromatic heterocycles. The Labute approximate surface area is 199 Å². The smallest absolute Gasteiger partial charge is 0.267 e. The first-order valence-corrected chi connectivity index (χ1v) is 11.6. The Bertz CT molecular complexity index is 1360. The van der Waals surface area contributed by atoms with Crippen LogP contribution in [-0.4, -0.2) is 57.7 Å². The summed E-state index contributed by atoms with van der Waals surface area (Å²) >= 11 is 6.40. The first kappa shape index (κ1) is 21.6. The summed E-state index contributed by atoms with van der Waals surface area (Å²) < 4.78 is 16.2. The van der Waals surface area contributed by atoms with E-state index < -0.39 is 0 Å². The van der Waals surface area contributed by atoms with Crippen LogP contribution in [0.15, 0.2) is 58.4 Å². The molecule has 168 valence electrons. The highest BCUT2D eigenvalue weighted by Gasteiger charge is 2.30. The maximum atomic E-state index is 14.2. The Morgan fingerprint density at radius 3 is 2.42 bits per heavy atom. The molecular formula is C23H20FN5O2S2. The predicted molar refractivity (Wildman–Crippen MR) is 133 cm³/mol. The highest BCUT2D eigenvalue weighted by atomic mass is 32.2. The number of carbonyl (C=O) groups is 1. The third kappa shape index (κ3) is 3.89. The van der Waals surface area contributed by atoms with Crippen molar-refractivity contribution < 1.29 is 9.18 Å². The van der Waals surface area contributed by atoms with Crippen LogP contribution in [0.5, 0.6) is 0 Å². The Kier molecular flexibility index (Phi) is 5.63. The number of carbonyl (C=O) groups excluding carboxylic acids is 1. The van der Waals surface area contributed by atoms with Crippen LogP contribution in [0.2, 0.25) is 0 Å². The first-order valence-electron chi connectivity index (χ1n) is 10.4. The van der Waals surface area contributed by atoms with Crippen molar-refractivity contribution in [3.05, 3.63) is 75.3 Å². The molecule has 0 atom stereocenters. The molecule has 2 fully saturated rings. The molecule has 2 saturated heterocycles. The summed E-state index contributed by atoms with van der Waals surface area (Å²) in [5.41, 5.74) is 1.17. The molecule has 3 aromatic rings. The summed E-state index contributed by atoms with van der Waals surface area (Å²) in [6, 6.07) is 12.1. The van der Waals surface area contributed by atoms with Crippen LogP contribution >= 0.6 is 24.0 Å². The van der Waals surface area contributed by atoms with Gasteiger partial charge in [0.2, 0.25) is 0 Å². The van der Waals surface area contributed by atoms with E-state index in [2.05, 4.69) is 0 Å². The highest BCUT2D eigenvalue weighted by molar-refractivity contribution is 8.26. The van der Waals surface area contributed by atoms with E-state index in [-0.39, 0.29) is 17.3 Å². The fraction of sp³-hybridized carbons (Fsp3) is 0.217. The Morgan fingerprint density at radius 1 is 1.03 bits per heavy atom. The number of benzene rings is 1. The van der Waals surface area contributed by atoms with Crippen molar-refractivity contribution in [1.29, 1.82) is 0 Å². The highest BCUT2D eigenvalue weighted by Crippen LogP contribution is 2.32. The maximum Gasteiger partial charge on any atom is 0.267 e. The van der Waals surface area contributed by atoms with Gasteiger partial charge in [-0.2, -0.15) is 0 Å². The van der Waals surface area contributed by atoms with Crippen molar-refractivity contribution in [3.63, 3.8) is 0 Å². The van der Waals surface area contributed by atoms with Gasteiger partial charge in [0, 0.05) is 39.4 Å². The number of amides is 1. The monoisotopic (exact) mass is 481 g/mol. The molecule has 33 heavy (non-hydrogen) atoms. The Hall–Kier alpha value is -3.24. The SMILES string of the molecule is CN1C(=O)C(=Cc2c(N3CCN(c4ccccc4F)CC3)nc3ccccn3c2=O)SC1=S. The van der Waals surface area contributed by atoms with Gasteiger partial charge in [-0.05, 0) is 30.3 Å². The molecule has 1 amide bonds. The first-order chi connectivity index (χ1) is 15.9. The lowest BCUT2D eigenvalue weighted by Crippen LogP contribution is -2.47. The lowest BCUT2D eigenvalue weighted by atomic mass is 10.2. The minimum atomic E-state index is -0.256. The predicted octanol–water partition coefficient (Wildman–Crippen LogP) is 2.99. The van der Waals surface area contributed by atoms with Crippen LogP contribution in [0.4, 0.5) is 15.9 Å². The second-order valence-electron chi connectivity index (χ2n) is 7.75. The molecule has 10 heteroatoms.